The van der Waals surface area contributed by atoms with Crippen LogP contribution < -0.4 is 30.6 Å². The zero-order valence-electron chi connectivity index (χ0n) is 24.5. The lowest BCUT2D eigenvalue weighted by molar-refractivity contribution is -0.134. The van der Waals surface area contributed by atoms with Crippen LogP contribution in [0.3, 0.4) is 0 Å². The van der Waals surface area contributed by atoms with E-state index in [-0.39, 0.29) is 42.8 Å². The lowest BCUT2D eigenvalue weighted by Crippen LogP contribution is -2.63. The molecule has 0 unspecified atom stereocenters. The Morgan fingerprint density at radius 3 is 1.98 bits per heavy atom. The molecule has 2 amide bonds. The smallest absolute Gasteiger partial charge is 0.246 e. The van der Waals surface area contributed by atoms with E-state index in [0.717, 1.165) is 16.7 Å². The first kappa shape index (κ1) is 31.9. The Morgan fingerprint density at radius 2 is 1.54 bits per heavy atom. The number of nitrogens with one attached hydrogen (secondary N) is 4. The number of methoxy groups -OCH3 is 2. The van der Waals surface area contributed by atoms with Crippen molar-refractivity contribution >= 4 is 27.7 Å². The number of ether oxygens (including phenoxy) is 2. The first-order valence-corrected chi connectivity index (χ1v) is 15.1. The van der Waals surface area contributed by atoms with Crippen molar-refractivity contribution in [2.45, 2.75) is 58.7 Å². The van der Waals surface area contributed by atoms with Gasteiger partial charge in [-0.15, -0.1) is 0 Å². The Labute approximate surface area is 242 Å². The number of hydrogen-bond acceptors (Lipinski definition) is 7. The molecule has 0 saturated carbocycles. The van der Waals surface area contributed by atoms with Crippen molar-refractivity contribution in [1.82, 2.24) is 15.4 Å². The van der Waals surface area contributed by atoms with Gasteiger partial charge >= 0.3 is 0 Å². The van der Waals surface area contributed by atoms with Gasteiger partial charge in [0.15, 0.2) is 11.5 Å². The number of hydrogen-bond donors (Lipinski definition) is 5. The molecule has 1 aliphatic rings. The van der Waals surface area contributed by atoms with E-state index in [9.17, 15) is 18.0 Å². The van der Waals surface area contributed by atoms with Crippen LogP contribution in [0.5, 0.6) is 11.5 Å². The van der Waals surface area contributed by atoms with E-state index in [1.165, 1.54) is 14.2 Å². The molecule has 0 aliphatic heterocycles. The van der Waals surface area contributed by atoms with Crippen LogP contribution in [0.25, 0.3) is 0 Å². The Morgan fingerprint density at radius 1 is 1.00 bits per heavy atom. The Bertz CT molecular complexity index is 1360. The fourth-order valence-electron chi connectivity index (χ4n) is 4.95. The second-order valence-corrected chi connectivity index (χ2v) is 13.0. The molecule has 3 rings (SSSR count). The molecule has 1 atom stereocenters. The molecule has 0 aromatic heterocycles. The number of nitrogen functional groups attached to an aromatic ring is 1. The topological polar surface area (TPSA) is 173 Å². The highest BCUT2D eigenvalue weighted by Crippen LogP contribution is 2.38. The van der Waals surface area contributed by atoms with Crippen LogP contribution in [0.2, 0.25) is 0 Å². The fraction of sp³-hybridized carbons (Fsp3) is 0.483. The van der Waals surface area contributed by atoms with E-state index in [4.69, 9.17) is 20.6 Å². The second kappa shape index (κ2) is 12.9. The number of sulfonamides is 1. The predicted octanol–water partition coefficient (Wildman–Crippen LogP) is 1.86. The van der Waals surface area contributed by atoms with Gasteiger partial charge in [0.2, 0.25) is 21.8 Å². The second-order valence-electron chi connectivity index (χ2n) is 11.2. The molecule has 0 radical (unpaired) electrons. The van der Waals surface area contributed by atoms with E-state index < -0.39 is 33.4 Å². The van der Waals surface area contributed by atoms with Crippen LogP contribution in [0, 0.1) is 17.2 Å². The maximum atomic E-state index is 13.9. The van der Waals surface area contributed by atoms with Crippen LogP contribution in [0.15, 0.2) is 36.4 Å². The summed E-state index contributed by atoms with van der Waals surface area (Å²) < 4.78 is 38.9. The standard InChI is InChI=1S/C29H41N5O6S/c1-17(2)16-41(37,38)34-25(18(3)4)27(35)33-29(13-21-11-23(39-5)24(40-6)12-22(21)14-29)28(36)32-15-19-7-9-20(10-8-19)26(30)31/h7-12,17-18,25,34H,13-16H2,1-6H3,(H3,30,31)(H,32,36)(H,33,35)/t25-/m1/s1. The van der Waals surface area contributed by atoms with Crippen molar-refractivity contribution in [3.05, 3.63) is 58.7 Å². The maximum Gasteiger partial charge on any atom is 0.246 e. The lowest BCUT2D eigenvalue weighted by atomic mass is 9.92. The molecule has 0 heterocycles. The number of fused-ring (bicyclic) bond motifs is 1. The molecule has 0 spiro atoms. The van der Waals surface area contributed by atoms with Gasteiger partial charge in [-0.05, 0) is 40.7 Å². The fourth-order valence-corrected chi connectivity index (χ4v) is 6.69. The zero-order valence-corrected chi connectivity index (χ0v) is 25.3. The quantitative estimate of drug-likeness (QED) is 0.176. The largest absolute Gasteiger partial charge is 0.493 e. The predicted molar refractivity (Wildman–Crippen MR) is 158 cm³/mol. The highest BCUT2D eigenvalue weighted by Gasteiger charge is 2.47. The molecule has 2 aromatic rings. The summed E-state index contributed by atoms with van der Waals surface area (Å²) in [5.41, 5.74) is 7.12. The van der Waals surface area contributed by atoms with Crippen molar-refractivity contribution < 1.29 is 27.5 Å². The molecule has 0 bridgehead atoms. The zero-order chi connectivity index (χ0) is 30.5. The van der Waals surface area contributed by atoms with E-state index >= 15 is 0 Å². The van der Waals surface area contributed by atoms with Gasteiger partial charge in [0.1, 0.15) is 17.4 Å². The molecule has 6 N–H and O–H groups in total. The van der Waals surface area contributed by atoms with Gasteiger partial charge in [-0.3, -0.25) is 15.0 Å². The molecular weight excluding hydrogens is 546 g/mol. The van der Waals surface area contributed by atoms with Crippen molar-refractivity contribution in [1.29, 1.82) is 5.41 Å². The van der Waals surface area contributed by atoms with Crippen molar-refractivity contribution in [2.75, 3.05) is 20.0 Å². The van der Waals surface area contributed by atoms with E-state index in [1.807, 2.05) is 0 Å². The molecule has 41 heavy (non-hydrogen) atoms. The number of benzene rings is 2. The first-order valence-electron chi connectivity index (χ1n) is 13.5. The minimum atomic E-state index is -3.74. The summed E-state index contributed by atoms with van der Waals surface area (Å²) in [6.45, 7) is 7.24. The van der Waals surface area contributed by atoms with E-state index in [2.05, 4.69) is 15.4 Å². The van der Waals surface area contributed by atoms with Gasteiger partial charge in [0.25, 0.3) is 0 Å². The minimum absolute atomic E-state index is 0.0550. The average molecular weight is 588 g/mol. The highest BCUT2D eigenvalue weighted by molar-refractivity contribution is 7.89. The van der Waals surface area contributed by atoms with Crippen LogP contribution >= 0.6 is 0 Å². The van der Waals surface area contributed by atoms with Crippen molar-refractivity contribution in [3.8, 4) is 11.5 Å². The number of rotatable bonds is 13. The Balaban J connectivity index is 1.92. The van der Waals surface area contributed by atoms with Gasteiger partial charge in [-0.1, -0.05) is 52.0 Å². The van der Waals surface area contributed by atoms with Gasteiger partial charge in [0.05, 0.1) is 20.0 Å². The molecule has 0 fully saturated rings. The summed E-state index contributed by atoms with van der Waals surface area (Å²) in [6, 6.07) is 9.43. The van der Waals surface area contributed by atoms with Crippen LogP contribution in [0.4, 0.5) is 0 Å². The highest BCUT2D eigenvalue weighted by atomic mass is 32.2. The number of amidine groups is 1. The molecular formula is C29H41N5O6S. The van der Waals surface area contributed by atoms with Gasteiger partial charge in [0, 0.05) is 24.9 Å². The normalized spacial score (nSPS) is 14.8. The number of amides is 2. The SMILES string of the molecule is COc1cc2c(cc1OC)CC(NC(=O)[C@H](NS(=O)(=O)CC(C)C)C(C)C)(C(=O)NCc1ccc(C(=N)N)cc1)C2. The molecule has 0 saturated heterocycles. The summed E-state index contributed by atoms with van der Waals surface area (Å²) in [5, 5.41) is 13.4. The molecule has 224 valence electrons. The summed E-state index contributed by atoms with van der Waals surface area (Å²) >= 11 is 0. The van der Waals surface area contributed by atoms with E-state index in [1.54, 1.807) is 64.1 Å². The summed E-state index contributed by atoms with van der Waals surface area (Å²) in [4.78, 5) is 27.6. The first-order chi connectivity index (χ1) is 19.2. The van der Waals surface area contributed by atoms with Crippen molar-refractivity contribution in [2.24, 2.45) is 17.6 Å². The molecule has 11 nitrogen and oxygen atoms in total. The Kier molecular flexibility index (Phi) is 10.0. The Hall–Kier alpha value is -3.64. The van der Waals surface area contributed by atoms with Crippen LogP contribution in [-0.4, -0.2) is 57.6 Å². The third kappa shape index (κ3) is 7.76. The van der Waals surface area contributed by atoms with Gasteiger partial charge in [-0.25, -0.2) is 13.1 Å². The lowest BCUT2D eigenvalue weighted by Gasteiger charge is -2.32. The third-order valence-corrected chi connectivity index (χ3v) is 8.73. The van der Waals surface area contributed by atoms with E-state index in [0.29, 0.717) is 17.1 Å². The summed E-state index contributed by atoms with van der Waals surface area (Å²) in [6.07, 6.45) is 0.347. The molecule has 1 aliphatic carbocycles. The van der Waals surface area contributed by atoms with Crippen LogP contribution in [-0.2, 0) is 39.0 Å². The number of carbonyl (C=O) groups excluding carboxylic acids is 2. The number of nitrogens with two attached hydrogens (primary N) is 1. The minimum Gasteiger partial charge on any atom is -0.493 e. The van der Waals surface area contributed by atoms with Gasteiger partial charge in [-0.2, -0.15) is 0 Å². The monoisotopic (exact) mass is 587 g/mol. The van der Waals surface area contributed by atoms with Crippen molar-refractivity contribution in [3.63, 3.8) is 0 Å². The van der Waals surface area contributed by atoms with Crippen LogP contribution in [0.1, 0.15) is 49.9 Å². The maximum absolute atomic E-state index is 13.9. The molecule has 12 heteroatoms. The average Bonchev–Trinajstić information content (AvgIpc) is 3.26. The third-order valence-electron chi connectivity index (χ3n) is 7.01. The number of carbonyl (C=O) groups is 2. The summed E-state index contributed by atoms with van der Waals surface area (Å²) in [7, 11) is -0.695. The molecule has 2 aromatic carbocycles. The summed E-state index contributed by atoms with van der Waals surface area (Å²) in [5.74, 6) is -0.673. The van der Waals surface area contributed by atoms with Gasteiger partial charge < -0.3 is 25.8 Å².